The predicted molar refractivity (Wildman–Crippen MR) is 113 cm³/mol. The van der Waals surface area contributed by atoms with Crippen LogP contribution in [0.25, 0.3) is 0 Å². The molecule has 1 amide bonds. The molecule has 10 heteroatoms. The van der Waals surface area contributed by atoms with Crippen molar-refractivity contribution in [3.05, 3.63) is 70.0 Å². The number of pyridine rings is 1. The first-order chi connectivity index (χ1) is 14.0. The van der Waals surface area contributed by atoms with E-state index in [0.717, 1.165) is 4.88 Å². The lowest BCUT2D eigenvalue weighted by Crippen LogP contribution is -2.40. The summed E-state index contributed by atoms with van der Waals surface area (Å²) < 4.78 is 26.0. The Labute approximate surface area is 176 Å². The molecule has 0 fully saturated rings. The van der Waals surface area contributed by atoms with Crippen LogP contribution in [-0.4, -0.2) is 30.9 Å². The zero-order valence-corrected chi connectivity index (χ0v) is 17.3. The number of aromatic nitrogens is 1. The van der Waals surface area contributed by atoms with Crippen molar-refractivity contribution in [3.63, 3.8) is 0 Å². The molecule has 1 aliphatic heterocycles. The fourth-order valence-electron chi connectivity index (χ4n) is 2.81. The van der Waals surface area contributed by atoms with Gasteiger partial charge >= 0.3 is 0 Å². The molecule has 0 aliphatic carbocycles. The molecule has 4 rings (SSSR count). The zero-order valence-electron chi connectivity index (χ0n) is 14.9. The van der Waals surface area contributed by atoms with Gasteiger partial charge in [-0.25, -0.2) is 18.4 Å². The Morgan fingerprint density at radius 1 is 1.14 bits per heavy atom. The summed E-state index contributed by atoms with van der Waals surface area (Å²) in [7, 11) is -4.11. The largest absolute Gasteiger partial charge is 0.350 e. The van der Waals surface area contributed by atoms with Gasteiger partial charge in [0.15, 0.2) is 5.82 Å². The van der Waals surface area contributed by atoms with Gasteiger partial charge in [0.05, 0.1) is 5.69 Å². The summed E-state index contributed by atoms with van der Waals surface area (Å²) in [6.07, 6.45) is 2.08. The molecule has 7 nitrogen and oxygen atoms in total. The number of fused-ring (bicyclic) bond motifs is 1. The summed E-state index contributed by atoms with van der Waals surface area (Å²) in [5.74, 6) is -0.625. The summed E-state index contributed by atoms with van der Waals surface area (Å²) in [5, 5.41) is 10.0. The summed E-state index contributed by atoms with van der Waals surface area (Å²) >= 11 is 7.52. The van der Waals surface area contributed by atoms with Crippen LogP contribution in [0.2, 0.25) is 5.02 Å². The zero-order chi connectivity index (χ0) is 20.4. The first-order valence-corrected chi connectivity index (χ1v) is 11.4. The maximum absolute atomic E-state index is 13.0. The molecule has 0 radical (unpaired) electrons. The van der Waals surface area contributed by atoms with Crippen LogP contribution in [-0.2, 0) is 21.1 Å². The molecule has 2 aromatic heterocycles. The fourth-order valence-corrected chi connectivity index (χ4v) is 4.99. The second-order valence-electron chi connectivity index (χ2n) is 6.11. The van der Waals surface area contributed by atoms with E-state index in [1.54, 1.807) is 35.6 Å². The Kier molecular flexibility index (Phi) is 5.35. The molecule has 0 spiro atoms. The normalized spacial score (nSPS) is 14.8. The van der Waals surface area contributed by atoms with E-state index in [2.05, 4.69) is 15.4 Å². The molecular weight excluding hydrogens is 432 g/mol. The summed E-state index contributed by atoms with van der Waals surface area (Å²) in [6.45, 7) is 0.300. The molecular formula is C19H15ClN4O3S2. The number of carbonyl (C=O) groups excluding carboxylic acids is 1. The van der Waals surface area contributed by atoms with Gasteiger partial charge in [-0.3, -0.25) is 4.79 Å². The van der Waals surface area contributed by atoms with Crippen LogP contribution in [0.5, 0.6) is 0 Å². The van der Waals surface area contributed by atoms with E-state index >= 15 is 0 Å². The maximum Gasteiger partial charge on any atom is 0.284 e. The second kappa shape index (κ2) is 7.94. The number of hydrazone groups is 1. The number of thiophene rings is 1. The Morgan fingerprint density at radius 3 is 2.66 bits per heavy atom. The molecule has 0 saturated carbocycles. The number of carbonyl (C=O) groups is 1. The molecule has 3 heterocycles. The topological polar surface area (TPSA) is 91.7 Å². The Hall–Kier alpha value is -2.75. The van der Waals surface area contributed by atoms with Gasteiger partial charge < -0.3 is 5.32 Å². The number of nitrogens with one attached hydrogen (secondary N) is 1. The number of hydrogen-bond donors (Lipinski definition) is 1. The minimum atomic E-state index is -4.11. The standard InChI is InChI=1S/C19H15ClN4O3S2/c20-13-5-7-14(8-6-13)24-17-16(4-1-10-21-17)29(26,27)19(23-24)18(25)22-11-9-15-3-2-12-28-15/h1-8,10,12H,9,11H2,(H,22,25). The molecule has 1 N–H and O–H groups in total. The van der Waals surface area contributed by atoms with Crippen LogP contribution in [0, 0.1) is 0 Å². The molecule has 0 unspecified atom stereocenters. The molecule has 148 valence electrons. The highest BCUT2D eigenvalue weighted by atomic mass is 35.5. The summed E-state index contributed by atoms with van der Waals surface area (Å²) in [5.41, 5.74) is 0.535. The fraction of sp³-hybridized carbons (Fsp3) is 0.105. The number of rotatable bonds is 5. The van der Waals surface area contributed by atoms with Gasteiger partial charge in [-0.05, 0) is 54.3 Å². The number of nitrogens with zero attached hydrogens (tertiary/aromatic N) is 3. The number of benzene rings is 1. The van der Waals surface area contributed by atoms with Crippen molar-refractivity contribution < 1.29 is 13.2 Å². The molecule has 1 aromatic carbocycles. The van der Waals surface area contributed by atoms with E-state index in [4.69, 9.17) is 11.6 Å². The van der Waals surface area contributed by atoms with Gasteiger partial charge in [-0.1, -0.05) is 17.7 Å². The molecule has 1 aliphatic rings. The van der Waals surface area contributed by atoms with E-state index in [1.165, 1.54) is 23.3 Å². The highest BCUT2D eigenvalue weighted by Crippen LogP contribution is 2.35. The number of anilines is 2. The second-order valence-corrected chi connectivity index (χ2v) is 9.41. The van der Waals surface area contributed by atoms with Crippen molar-refractivity contribution in [2.45, 2.75) is 11.3 Å². The molecule has 0 saturated heterocycles. The highest BCUT2D eigenvalue weighted by molar-refractivity contribution is 8.08. The average molecular weight is 447 g/mol. The smallest absolute Gasteiger partial charge is 0.284 e. The van der Waals surface area contributed by atoms with Crippen molar-refractivity contribution in [2.75, 3.05) is 11.6 Å². The van der Waals surface area contributed by atoms with Crippen LogP contribution < -0.4 is 10.3 Å². The van der Waals surface area contributed by atoms with Crippen LogP contribution in [0.15, 0.2) is 70.1 Å². The van der Waals surface area contributed by atoms with Gasteiger partial charge in [0.25, 0.3) is 5.91 Å². The minimum Gasteiger partial charge on any atom is -0.350 e. The van der Waals surface area contributed by atoms with Crippen LogP contribution in [0.1, 0.15) is 4.88 Å². The Morgan fingerprint density at radius 2 is 1.93 bits per heavy atom. The van der Waals surface area contributed by atoms with E-state index in [0.29, 0.717) is 23.7 Å². The Balaban J connectivity index is 1.68. The highest BCUT2D eigenvalue weighted by Gasteiger charge is 2.38. The predicted octanol–water partition coefficient (Wildman–Crippen LogP) is 3.39. The first kappa shape index (κ1) is 19.6. The minimum absolute atomic E-state index is 0.0756. The molecule has 3 aromatic rings. The average Bonchev–Trinajstić information content (AvgIpc) is 3.22. The maximum atomic E-state index is 13.0. The molecule has 29 heavy (non-hydrogen) atoms. The van der Waals surface area contributed by atoms with E-state index in [9.17, 15) is 13.2 Å². The lowest BCUT2D eigenvalue weighted by molar-refractivity contribution is -0.114. The Bertz CT molecular complexity index is 1180. The van der Waals surface area contributed by atoms with Gasteiger partial charge in [-0.2, -0.15) is 0 Å². The number of hydrogen-bond acceptors (Lipinski definition) is 7. The van der Waals surface area contributed by atoms with Crippen molar-refractivity contribution in [1.29, 1.82) is 0 Å². The van der Waals surface area contributed by atoms with E-state index in [-0.39, 0.29) is 10.7 Å². The molecule has 0 atom stereocenters. The van der Waals surface area contributed by atoms with Crippen molar-refractivity contribution in [1.82, 2.24) is 10.3 Å². The van der Waals surface area contributed by atoms with Crippen LogP contribution in [0.3, 0.4) is 0 Å². The quantitative estimate of drug-likeness (QED) is 0.648. The van der Waals surface area contributed by atoms with Crippen molar-refractivity contribution in [2.24, 2.45) is 5.10 Å². The van der Waals surface area contributed by atoms with Crippen molar-refractivity contribution >= 4 is 55.2 Å². The lowest BCUT2D eigenvalue weighted by Gasteiger charge is -2.26. The SMILES string of the molecule is O=C(NCCc1cccs1)C1=NN(c2ccc(Cl)cc2)c2ncccc2S1(=O)=O. The van der Waals surface area contributed by atoms with Crippen LogP contribution in [0.4, 0.5) is 11.5 Å². The first-order valence-electron chi connectivity index (χ1n) is 8.62. The number of amides is 1. The van der Waals surface area contributed by atoms with E-state index in [1.807, 2.05) is 17.5 Å². The van der Waals surface area contributed by atoms with E-state index < -0.39 is 20.8 Å². The molecule has 0 bridgehead atoms. The van der Waals surface area contributed by atoms with Gasteiger partial charge in [0, 0.05) is 22.6 Å². The van der Waals surface area contributed by atoms with Gasteiger partial charge in [0.2, 0.25) is 14.9 Å². The van der Waals surface area contributed by atoms with Crippen molar-refractivity contribution in [3.8, 4) is 0 Å². The summed E-state index contributed by atoms with van der Waals surface area (Å²) in [4.78, 5) is 17.9. The number of halogens is 1. The third-order valence-electron chi connectivity index (χ3n) is 4.19. The number of sulfone groups is 1. The monoisotopic (exact) mass is 446 g/mol. The van der Waals surface area contributed by atoms with Gasteiger partial charge in [-0.15, -0.1) is 16.4 Å². The third-order valence-corrected chi connectivity index (χ3v) is 7.05. The van der Waals surface area contributed by atoms with Crippen LogP contribution >= 0.6 is 22.9 Å². The summed E-state index contributed by atoms with van der Waals surface area (Å²) in [6, 6.07) is 13.4. The van der Waals surface area contributed by atoms with Gasteiger partial charge in [0.1, 0.15) is 4.90 Å². The lowest BCUT2D eigenvalue weighted by atomic mass is 10.3. The third kappa shape index (κ3) is 3.89.